The van der Waals surface area contributed by atoms with Crippen molar-refractivity contribution in [3.05, 3.63) is 23.4 Å². The van der Waals surface area contributed by atoms with Crippen molar-refractivity contribution in [1.29, 1.82) is 0 Å². The second-order valence-corrected chi connectivity index (χ2v) is 6.59. The third-order valence-electron chi connectivity index (χ3n) is 2.41. The maximum atomic E-state index is 11.7. The van der Waals surface area contributed by atoms with Crippen LogP contribution in [0.25, 0.3) is 0 Å². The number of pyridine rings is 1. The molecular formula is C15H24N2O2S. The number of nitrogens with zero attached hydrogens (tertiary/aromatic N) is 1. The predicted molar refractivity (Wildman–Crippen MR) is 82.9 cm³/mol. The predicted octanol–water partition coefficient (Wildman–Crippen LogP) is 2.93. The fraction of sp³-hybridized carbons (Fsp3) is 0.600. The van der Waals surface area contributed by atoms with Crippen molar-refractivity contribution in [1.82, 2.24) is 10.3 Å². The molecule has 0 atom stereocenters. The van der Waals surface area contributed by atoms with E-state index in [-0.39, 0.29) is 11.7 Å². The Morgan fingerprint density at radius 2 is 2.15 bits per heavy atom. The molecule has 0 bridgehead atoms. The van der Waals surface area contributed by atoms with Crippen molar-refractivity contribution in [2.45, 2.75) is 51.8 Å². The summed E-state index contributed by atoms with van der Waals surface area (Å²) in [4.78, 5) is 16.1. The van der Waals surface area contributed by atoms with Gasteiger partial charge in [0, 0.05) is 12.7 Å². The minimum absolute atomic E-state index is 0.208. The fourth-order valence-corrected chi connectivity index (χ4v) is 2.36. The van der Waals surface area contributed by atoms with Crippen LogP contribution in [0.5, 0.6) is 0 Å². The third kappa shape index (κ3) is 6.39. The van der Waals surface area contributed by atoms with E-state index in [9.17, 15) is 4.79 Å². The second-order valence-electron chi connectivity index (χ2n) is 5.62. The lowest BCUT2D eigenvalue weighted by atomic mass is 10.2. The maximum absolute atomic E-state index is 11.7. The molecule has 0 amide bonds. The Morgan fingerprint density at radius 3 is 2.70 bits per heavy atom. The summed E-state index contributed by atoms with van der Waals surface area (Å²) in [6.45, 7) is 11.5. The first-order chi connectivity index (χ1) is 9.31. The molecule has 0 radical (unpaired) electrons. The summed E-state index contributed by atoms with van der Waals surface area (Å²) in [6, 6.07) is 2.10. The standard InChI is InChI=1S/C15H24N2O2S/c1-6-16-8-12-7-11(2)14(17-9-12)20-10-13(18)19-15(3,4)5/h7,9,16H,6,8,10H2,1-5H3. The van der Waals surface area contributed by atoms with Crippen molar-refractivity contribution >= 4 is 17.7 Å². The monoisotopic (exact) mass is 296 g/mol. The van der Waals surface area contributed by atoms with E-state index in [2.05, 4.69) is 23.3 Å². The molecule has 0 aliphatic heterocycles. The minimum atomic E-state index is -0.435. The molecule has 0 saturated carbocycles. The smallest absolute Gasteiger partial charge is 0.316 e. The minimum Gasteiger partial charge on any atom is -0.459 e. The van der Waals surface area contributed by atoms with Crippen molar-refractivity contribution in [3.63, 3.8) is 0 Å². The molecule has 0 aliphatic carbocycles. The van der Waals surface area contributed by atoms with Crippen LogP contribution in [-0.2, 0) is 16.1 Å². The van der Waals surface area contributed by atoms with E-state index in [4.69, 9.17) is 4.74 Å². The van der Waals surface area contributed by atoms with Crippen LogP contribution < -0.4 is 5.32 Å². The summed E-state index contributed by atoms with van der Waals surface area (Å²) in [7, 11) is 0. The van der Waals surface area contributed by atoms with E-state index in [0.29, 0.717) is 0 Å². The zero-order valence-electron chi connectivity index (χ0n) is 12.9. The zero-order valence-corrected chi connectivity index (χ0v) is 13.8. The Kier molecular flexibility index (Phi) is 6.49. The number of carbonyl (C=O) groups excluding carboxylic acids is 1. The highest BCUT2D eigenvalue weighted by atomic mass is 32.2. The molecule has 5 heteroatoms. The first-order valence-electron chi connectivity index (χ1n) is 6.82. The number of aryl methyl sites for hydroxylation is 1. The highest BCUT2D eigenvalue weighted by molar-refractivity contribution is 7.99. The van der Waals surface area contributed by atoms with E-state index in [1.54, 1.807) is 0 Å². The van der Waals surface area contributed by atoms with Crippen LogP contribution >= 0.6 is 11.8 Å². The number of hydrogen-bond acceptors (Lipinski definition) is 5. The number of ether oxygens (including phenoxy) is 1. The van der Waals surface area contributed by atoms with Gasteiger partial charge in [-0.05, 0) is 45.4 Å². The Bertz CT molecular complexity index is 456. The number of thioether (sulfide) groups is 1. The maximum Gasteiger partial charge on any atom is 0.316 e. The molecule has 1 heterocycles. The molecule has 4 nitrogen and oxygen atoms in total. The van der Waals surface area contributed by atoms with Gasteiger partial charge in [-0.1, -0.05) is 24.8 Å². The molecule has 0 aromatic carbocycles. The van der Waals surface area contributed by atoms with Gasteiger partial charge < -0.3 is 10.1 Å². The van der Waals surface area contributed by atoms with Crippen molar-refractivity contribution < 1.29 is 9.53 Å². The number of esters is 1. The van der Waals surface area contributed by atoms with Crippen LogP contribution in [0.1, 0.15) is 38.8 Å². The summed E-state index contributed by atoms with van der Waals surface area (Å²) in [5.41, 5.74) is 1.82. The van der Waals surface area contributed by atoms with Crippen LogP contribution in [0.2, 0.25) is 0 Å². The SMILES string of the molecule is CCNCc1cnc(SCC(=O)OC(C)(C)C)c(C)c1. The normalized spacial score (nSPS) is 11.4. The van der Waals surface area contributed by atoms with Gasteiger partial charge in [-0.15, -0.1) is 0 Å². The van der Waals surface area contributed by atoms with Crippen molar-refractivity contribution in [3.8, 4) is 0 Å². The van der Waals surface area contributed by atoms with E-state index in [1.165, 1.54) is 11.8 Å². The Hall–Kier alpha value is -1.07. The molecule has 1 N–H and O–H groups in total. The summed E-state index contributed by atoms with van der Waals surface area (Å²) < 4.78 is 5.28. The van der Waals surface area contributed by atoms with Gasteiger partial charge in [-0.3, -0.25) is 4.79 Å². The molecule has 0 unspecified atom stereocenters. The molecule has 1 rings (SSSR count). The zero-order chi connectivity index (χ0) is 15.2. The lowest BCUT2D eigenvalue weighted by molar-refractivity contribution is -0.151. The average molecular weight is 296 g/mol. The Morgan fingerprint density at radius 1 is 1.45 bits per heavy atom. The molecule has 112 valence electrons. The molecule has 0 spiro atoms. The van der Waals surface area contributed by atoms with Crippen LogP contribution in [0.4, 0.5) is 0 Å². The van der Waals surface area contributed by atoms with Crippen molar-refractivity contribution in [2.75, 3.05) is 12.3 Å². The fourth-order valence-electron chi connectivity index (χ4n) is 1.64. The van der Waals surface area contributed by atoms with Crippen LogP contribution in [0.15, 0.2) is 17.3 Å². The first kappa shape index (κ1) is 17.0. The average Bonchev–Trinajstić information content (AvgIpc) is 2.33. The molecule has 1 aromatic heterocycles. The highest BCUT2D eigenvalue weighted by Crippen LogP contribution is 2.21. The van der Waals surface area contributed by atoms with Gasteiger partial charge in [-0.2, -0.15) is 0 Å². The topological polar surface area (TPSA) is 51.2 Å². The van der Waals surface area contributed by atoms with Crippen LogP contribution in [-0.4, -0.2) is 28.9 Å². The van der Waals surface area contributed by atoms with E-state index in [0.717, 1.165) is 29.2 Å². The Labute approximate surface area is 125 Å². The number of aromatic nitrogens is 1. The van der Waals surface area contributed by atoms with Gasteiger partial charge in [0.05, 0.1) is 10.8 Å². The molecule has 20 heavy (non-hydrogen) atoms. The number of hydrogen-bond donors (Lipinski definition) is 1. The summed E-state index contributed by atoms with van der Waals surface area (Å²) in [5.74, 6) is 0.0814. The van der Waals surface area contributed by atoms with Crippen molar-refractivity contribution in [2.24, 2.45) is 0 Å². The lowest BCUT2D eigenvalue weighted by Gasteiger charge is -2.19. The number of carbonyl (C=O) groups is 1. The van der Waals surface area contributed by atoms with E-state index < -0.39 is 5.60 Å². The van der Waals surface area contributed by atoms with Gasteiger partial charge >= 0.3 is 5.97 Å². The summed E-state index contributed by atoms with van der Waals surface area (Å²) >= 11 is 1.42. The molecule has 1 aromatic rings. The van der Waals surface area contributed by atoms with Crippen LogP contribution in [0, 0.1) is 6.92 Å². The van der Waals surface area contributed by atoms with Gasteiger partial charge in [0.15, 0.2) is 0 Å². The summed E-state index contributed by atoms with van der Waals surface area (Å²) in [6.07, 6.45) is 1.85. The Balaban J connectivity index is 2.54. The summed E-state index contributed by atoms with van der Waals surface area (Å²) in [5, 5.41) is 4.15. The van der Waals surface area contributed by atoms with E-state index in [1.807, 2.05) is 33.9 Å². The van der Waals surface area contributed by atoms with Gasteiger partial charge in [0.1, 0.15) is 5.60 Å². The largest absolute Gasteiger partial charge is 0.459 e. The second kappa shape index (κ2) is 7.64. The molecule has 0 fully saturated rings. The lowest BCUT2D eigenvalue weighted by Crippen LogP contribution is -2.24. The quantitative estimate of drug-likeness (QED) is 0.646. The first-order valence-corrected chi connectivity index (χ1v) is 7.81. The molecule has 0 aliphatic rings. The third-order valence-corrected chi connectivity index (χ3v) is 3.49. The molecular weight excluding hydrogens is 272 g/mol. The van der Waals surface area contributed by atoms with Gasteiger partial charge in [0.2, 0.25) is 0 Å². The highest BCUT2D eigenvalue weighted by Gasteiger charge is 2.16. The van der Waals surface area contributed by atoms with Crippen LogP contribution in [0.3, 0.4) is 0 Å². The van der Waals surface area contributed by atoms with Gasteiger partial charge in [-0.25, -0.2) is 4.98 Å². The van der Waals surface area contributed by atoms with E-state index >= 15 is 0 Å². The number of nitrogens with one attached hydrogen (secondary N) is 1. The van der Waals surface area contributed by atoms with Gasteiger partial charge in [0.25, 0.3) is 0 Å². The number of rotatable bonds is 6. The molecule has 0 saturated heterocycles.